The fourth-order valence-electron chi connectivity index (χ4n) is 2.65. The van der Waals surface area contributed by atoms with E-state index in [2.05, 4.69) is 5.32 Å². The summed E-state index contributed by atoms with van der Waals surface area (Å²) in [5, 5.41) is 6.81. The summed E-state index contributed by atoms with van der Waals surface area (Å²) in [5.41, 5.74) is -0.530. The zero-order chi connectivity index (χ0) is 14.9. The maximum Gasteiger partial charge on any atom is 0.331 e. The van der Waals surface area contributed by atoms with Crippen molar-refractivity contribution in [2.24, 2.45) is 5.92 Å². The standard InChI is InChI=1S/C14H25N3O3/c1-10-8-15-9-16-7-5-6-11(17(16)12(10)18)13(19)20-14(2,3)4/h10-11,15H,5-9H2,1-4H3/t10?,11-/m0/s1. The Balaban J connectivity index is 2.18. The summed E-state index contributed by atoms with van der Waals surface area (Å²) in [7, 11) is 0. The van der Waals surface area contributed by atoms with E-state index in [4.69, 9.17) is 4.74 Å². The lowest BCUT2D eigenvalue weighted by atomic mass is 10.0. The van der Waals surface area contributed by atoms with Crippen LogP contribution in [0.5, 0.6) is 0 Å². The minimum Gasteiger partial charge on any atom is -0.458 e. The zero-order valence-electron chi connectivity index (χ0n) is 12.8. The van der Waals surface area contributed by atoms with Crippen molar-refractivity contribution in [1.29, 1.82) is 0 Å². The number of nitrogens with zero attached hydrogens (tertiary/aromatic N) is 2. The first-order valence-electron chi connectivity index (χ1n) is 7.31. The van der Waals surface area contributed by atoms with Gasteiger partial charge in [-0.1, -0.05) is 6.92 Å². The fraction of sp³-hybridized carbons (Fsp3) is 0.857. The largest absolute Gasteiger partial charge is 0.458 e. The Kier molecular flexibility index (Phi) is 4.34. The van der Waals surface area contributed by atoms with Gasteiger partial charge in [-0.3, -0.25) is 9.80 Å². The van der Waals surface area contributed by atoms with Crippen LogP contribution in [0.3, 0.4) is 0 Å². The number of ether oxygens (including phenoxy) is 1. The Labute approximate surface area is 120 Å². The molecular formula is C14H25N3O3. The molecule has 1 N–H and O–H groups in total. The molecule has 0 radical (unpaired) electrons. The Morgan fingerprint density at radius 3 is 2.75 bits per heavy atom. The van der Waals surface area contributed by atoms with E-state index in [-0.39, 0.29) is 17.8 Å². The van der Waals surface area contributed by atoms with Crippen LogP contribution in [0.1, 0.15) is 40.5 Å². The van der Waals surface area contributed by atoms with Gasteiger partial charge in [0.05, 0.1) is 6.67 Å². The molecule has 2 aliphatic heterocycles. The second kappa shape index (κ2) is 5.69. The summed E-state index contributed by atoms with van der Waals surface area (Å²) in [6, 6.07) is -0.488. The molecule has 0 spiro atoms. The summed E-state index contributed by atoms with van der Waals surface area (Å²) in [5.74, 6) is -0.418. The molecule has 2 heterocycles. The molecule has 2 saturated heterocycles. The average Bonchev–Trinajstić information content (AvgIpc) is 2.48. The van der Waals surface area contributed by atoms with E-state index in [9.17, 15) is 9.59 Å². The van der Waals surface area contributed by atoms with E-state index < -0.39 is 11.6 Å². The van der Waals surface area contributed by atoms with Crippen molar-refractivity contribution >= 4 is 11.9 Å². The Bertz CT molecular complexity index is 392. The third-order valence-electron chi connectivity index (χ3n) is 3.56. The molecular weight excluding hydrogens is 258 g/mol. The van der Waals surface area contributed by atoms with Crippen LogP contribution < -0.4 is 5.32 Å². The smallest absolute Gasteiger partial charge is 0.331 e. The molecule has 114 valence electrons. The molecule has 2 atom stereocenters. The lowest BCUT2D eigenvalue weighted by Gasteiger charge is -2.42. The van der Waals surface area contributed by atoms with E-state index in [1.807, 2.05) is 32.7 Å². The van der Waals surface area contributed by atoms with Crippen molar-refractivity contribution in [3.8, 4) is 0 Å². The topological polar surface area (TPSA) is 61.9 Å². The van der Waals surface area contributed by atoms with Gasteiger partial charge in [0.15, 0.2) is 0 Å². The quantitative estimate of drug-likeness (QED) is 0.719. The molecule has 6 heteroatoms. The number of nitrogens with one attached hydrogen (secondary N) is 1. The minimum absolute atomic E-state index is 0.00515. The molecule has 2 aliphatic rings. The van der Waals surface area contributed by atoms with Crippen LogP contribution in [0.4, 0.5) is 0 Å². The van der Waals surface area contributed by atoms with Gasteiger partial charge in [-0.25, -0.2) is 9.80 Å². The van der Waals surface area contributed by atoms with E-state index in [0.717, 1.165) is 13.0 Å². The summed E-state index contributed by atoms with van der Waals surface area (Å²) in [6.07, 6.45) is 1.56. The maximum absolute atomic E-state index is 12.5. The normalized spacial score (nSPS) is 28.8. The van der Waals surface area contributed by atoms with Crippen molar-refractivity contribution in [3.63, 3.8) is 0 Å². The molecule has 0 aromatic rings. The van der Waals surface area contributed by atoms with Gasteiger partial charge >= 0.3 is 5.97 Å². The first-order chi connectivity index (χ1) is 9.29. The third kappa shape index (κ3) is 3.30. The number of hydrazine groups is 1. The van der Waals surface area contributed by atoms with Gasteiger partial charge in [0.1, 0.15) is 11.6 Å². The van der Waals surface area contributed by atoms with Crippen molar-refractivity contribution in [2.75, 3.05) is 19.8 Å². The Hall–Kier alpha value is -1.14. The Morgan fingerprint density at radius 1 is 1.40 bits per heavy atom. The van der Waals surface area contributed by atoms with Crippen LogP contribution in [0.2, 0.25) is 0 Å². The van der Waals surface area contributed by atoms with Gasteiger partial charge in [0, 0.05) is 19.0 Å². The SMILES string of the molecule is CC1CNCN2CCC[C@@H](C(=O)OC(C)(C)C)N2C1=O. The maximum atomic E-state index is 12.5. The summed E-state index contributed by atoms with van der Waals surface area (Å²) in [4.78, 5) is 24.9. The van der Waals surface area contributed by atoms with E-state index in [1.165, 1.54) is 0 Å². The highest BCUT2D eigenvalue weighted by atomic mass is 16.6. The number of fused-ring (bicyclic) bond motifs is 1. The predicted molar refractivity (Wildman–Crippen MR) is 74.5 cm³/mol. The van der Waals surface area contributed by atoms with Gasteiger partial charge in [-0.15, -0.1) is 0 Å². The Morgan fingerprint density at radius 2 is 2.10 bits per heavy atom. The first-order valence-corrected chi connectivity index (χ1v) is 7.31. The van der Waals surface area contributed by atoms with Crippen LogP contribution in [0.15, 0.2) is 0 Å². The number of carbonyl (C=O) groups excluding carboxylic acids is 2. The van der Waals surface area contributed by atoms with Crippen molar-refractivity contribution < 1.29 is 14.3 Å². The minimum atomic E-state index is -0.530. The third-order valence-corrected chi connectivity index (χ3v) is 3.56. The van der Waals surface area contributed by atoms with Gasteiger partial charge in [-0.05, 0) is 33.6 Å². The number of hydrogen-bond acceptors (Lipinski definition) is 5. The molecule has 1 amide bonds. The van der Waals surface area contributed by atoms with Gasteiger partial charge in [0.2, 0.25) is 5.91 Å². The summed E-state index contributed by atoms with van der Waals surface area (Å²) in [6.45, 7) is 9.48. The summed E-state index contributed by atoms with van der Waals surface area (Å²) < 4.78 is 5.47. The molecule has 0 bridgehead atoms. The van der Waals surface area contributed by atoms with Gasteiger partial charge in [-0.2, -0.15) is 0 Å². The number of amides is 1. The van der Waals surface area contributed by atoms with E-state index in [0.29, 0.717) is 19.6 Å². The second-order valence-electron chi connectivity index (χ2n) is 6.62. The fourth-order valence-corrected chi connectivity index (χ4v) is 2.65. The van der Waals surface area contributed by atoms with Crippen LogP contribution in [-0.4, -0.2) is 53.3 Å². The number of carbonyl (C=O) groups is 2. The monoisotopic (exact) mass is 283 g/mol. The van der Waals surface area contributed by atoms with Crippen LogP contribution in [0, 0.1) is 5.92 Å². The van der Waals surface area contributed by atoms with Gasteiger partial charge in [0.25, 0.3) is 0 Å². The van der Waals surface area contributed by atoms with Gasteiger partial charge < -0.3 is 10.1 Å². The van der Waals surface area contributed by atoms with Crippen molar-refractivity contribution in [3.05, 3.63) is 0 Å². The first kappa shape index (κ1) is 15.3. The van der Waals surface area contributed by atoms with Crippen molar-refractivity contribution in [2.45, 2.75) is 52.2 Å². The number of esters is 1. The highest BCUT2D eigenvalue weighted by Gasteiger charge is 2.41. The second-order valence-corrected chi connectivity index (χ2v) is 6.62. The van der Waals surface area contributed by atoms with Crippen molar-refractivity contribution in [1.82, 2.24) is 15.3 Å². The predicted octanol–water partition coefficient (Wildman–Crippen LogP) is 0.733. The zero-order valence-corrected chi connectivity index (χ0v) is 12.8. The number of hydrogen-bond donors (Lipinski definition) is 1. The van der Waals surface area contributed by atoms with E-state index in [1.54, 1.807) is 5.01 Å². The molecule has 20 heavy (non-hydrogen) atoms. The molecule has 0 aliphatic carbocycles. The molecule has 0 saturated carbocycles. The molecule has 6 nitrogen and oxygen atoms in total. The highest BCUT2D eigenvalue weighted by Crippen LogP contribution is 2.24. The number of rotatable bonds is 1. The lowest BCUT2D eigenvalue weighted by molar-refractivity contribution is -0.185. The molecule has 0 aromatic carbocycles. The molecule has 0 aromatic heterocycles. The molecule has 2 fully saturated rings. The average molecular weight is 283 g/mol. The summed E-state index contributed by atoms with van der Waals surface area (Å²) >= 11 is 0. The molecule has 2 rings (SSSR count). The van der Waals surface area contributed by atoms with Crippen LogP contribution >= 0.6 is 0 Å². The van der Waals surface area contributed by atoms with E-state index >= 15 is 0 Å². The highest BCUT2D eigenvalue weighted by molar-refractivity contribution is 5.86. The van der Waals surface area contributed by atoms with Crippen LogP contribution in [-0.2, 0) is 14.3 Å². The molecule has 1 unspecified atom stereocenters. The lowest BCUT2D eigenvalue weighted by Crippen LogP contribution is -2.59. The van der Waals surface area contributed by atoms with Crippen LogP contribution in [0.25, 0.3) is 0 Å².